The molecule has 0 spiro atoms. The van der Waals surface area contributed by atoms with E-state index in [-0.39, 0.29) is 11.9 Å². The maximum atomic E-state index is 12.8. The van der Waals surface area contributed by atoms with Gasteiger partial charge in [-0.15, -0.1) is 0 Å². The second-order valence-electron chi connectivity index (χ2n) is 6.74. The summed E-state index contributed by atoms with van der Waals surface area (Å²) >= 11 is 3.47. The van der Waals surface area contributed by atoms with Gasteiger partial charge in [0, 0.05) is 41.7 Å². The largest absolute Gasteiger partial charge is 0.334 e. The van der Waals surface area contributed by atoms with Crippen LogP contribution in [0.1, 0.15) is 30.4 Å². The van der Waals surface area contributed by atoms with Crippen molar-refractivity contribution in [2.45, 2.75) is 31.7 Å². The molecule has 1 aromatic carbocycles. The number of hydrogen-bond donors (Lipinski definition) is 0. The van der Waals surface area contributed by atoms with E-state index in [1.807, 2.05) is 35.4 Å². The van der Waals surface area contributed by atoms with Gasteiger partial charge < -0.3 is 4.90 Å². The molecule has 26 heavy (non-hydrogen) atoms. The maximum Gasteiger partial charge on any atom is 0.227 e. The Morgan fingerprint density at radius 2 is 2.08 bits per heavy atom. The molecule has 4 rings (SSSR count). The van der Waals surface area contributed by atoms with E-state index in [2.05, 4.69) is 38.0 Å². The summed E-state index contributed by atoms with van der Waals surface area (Å²) in [5, 5.41) is 0. The lowest BCUT2D eigenvalue weighted by atomic mass is 9.98. The Kier molecular flexibility index (Phi) is 4.98. The van der Waals surface area contributed by atoms with Crippen LogP contribution in [-0.2, 0) is 11.2 Å². The Balaban J connectivity index is 1.43. The molecule has 132 valence electrons. The van der Waals surface area contributed by atoms with Crippen LogP contribution in [0.3, 0.4) is 0 Å². The van der Waals surface area contributed by atoms with Crippen molar-refractivity contribution in [1.29, 1.82) is 0 Å². The van der Waals surface area contributed by atoms with Crippen LogP contribution < -0.4 is 0 Å². The van der Waals surface area contributed by atoms with Crippen LogP contribution in [0.2, 0.25) is 0 Å². The van der Waals surface area contributed by atoms with Crippen molar-refractivity contribution in [2.75, 3.05) is 6.54 Å². The summed E-state index contributed by atoms with van der Waals surface area (Å²) in [4.78, 5) is 23.6. The first-order chi connectivity index (χ1) is 12.7. The van der Waals surface area contributed by atoms with Crippen LogP contribution in [0.4, 0.5) is 0 Å². The Hall–Kier alpha value is -2.27. The highest BCUT2D eigenvalue weighted by Gasteiger charge is 2.33. The number of nitrogens with zero attached hydrogens (tertiary/aromatic N) is 3. The zero-order chi connectivity index (χ0) is 17.9. The standard InChI is InChI=1S/C21H20BrN3O/c22-18-7-5-16(6-8-18)17-12-19(24-14-17)20-4-2-10-25(20)21(26)11-15-3-1-9-23-13-15/h1,3,5-9,13-14,20H,2,4,10-12H2/t20-/m0/s1. The summed E-state index contributed by atoms with van der Waals surface area (Å²) in [5.41, 5.74) is 4.49. The zero-order valence-electron chi connectivity index (χ0n) is 14.4. The number of halogens is 1. The molecule has 0 N–H and O–H groups in total. The predicted molar refractivity (Wildman–Crippen MR) is 107 cm³/mol. The second kappa shape index (κ2) is 7.54. The lowest BCUT2D eigenvalue weighted by molar-refractivity contribution is -0.130. The second-order valence-corrected chi connectivity index (χ2v) is 7.66. The molecule has 0 unspecified atom stereocenters. The van der Waals surface area contributed by atoms with Crippen molar-refractivity contribution in [3.05, 3.63) is 70.6 Å². The Morgan fingerprint density at radius 1 is 1.23 bits per heavy atom. The number of amides is 1. The van der Waals surface area contributed by atoms with Gasteiger partial charge in [0.2, 0.25) is 5.91 Å². The van der Waals surface area contributed by atoms with Gasteiger partial charge in [-0.05, 0) is 47.7 Å². The van der Waals surface area contributed by atoms with E-state index in [9.17, 15) is 4.79 Å². The lowest BCUT2D eigenvalue weighted by Crippen LogP contribution is -2.41. The number of aromatic nitrogens is 1. The molecular formula is C21H20BrN3O. The van der Waals surface area contributed by atoms with Crippen LogP contribution in [0, 0.1) is 0 Å². The highest BCUT2D eigenvalue weighted by molar-refractivity contribution is 9.10. The van der Waals surface area contributed by atoms with E-state index in [1.165, 1.54) is 11.1 Å². The number of hydrogen-bond acceptors (Lipinski definition) is 3. The molecule has 2 aromatic rings. The van der Waals surface area contributed by atoms with Crippen molar-refractivity contribution >= 4 is 33.1 Å². The number of benzene rings is 1. The highest BCUT2D eigenvalue weighted by Crippen LogP contribution is 2.30. The minimum absolute atomic E-state index is 0.128. The fourth-order valence-corrected chi connectivity index (χ4v) is 3.95. The van der Waals surface area contributed by atoms with Crippen LogP contribution >= 0.6 is 15.9 Å². The summed E-state index contributed by atoms with van der Waals surface area (Å²) in [6.07, 6.45) is 8.72. The minimum atomic E-state index is 0.128. The van der Waals surface area contributed by atoms with Crippen LogP contribution in [0.15, 0.2) is 64.5 Å². The monoisotopic (exact) mass is 409 g/mol. The maximum absolute atomic E-state index is 12.8. The SMILES string of the molecule is O=C(Cc1cccnc1)N1CCC[C@H]1C1=NC=C(c2ccc(Br)cc2)C1. The molecule has 2 aliphatic heterocycles. The van der Waals surface area contributed by atoms with Crippen molar-refractivity contribution < 1.29 is 4.79 Å². The Labute approximate surface area is 161 Å². The van der Waals surface area contributed by atoms with E-state index < -0.39 is 0 Å². The normalized spacial score (nSPS) is 19.4. The van der Waals surface area contributed by atoms with Crippen molar-refractivity contribution in [3.8, 4) is 0 Å². The van der Waals surface area contributed by atoms with Gasteiger partial charge in [-0.25, -0.2) is 0 Å². The third kappa shape index (κ3) is 3.63. The molecule has 3 heterocycles. The van der Waals surface area contributed by atoms with Gasteiger partial charge in [0.25, 0.3) is 0 Å². The Morgan fingerprint density at radius 3 is 2.85 bits per heavy atom. The summed E-state index contributed by atoms with van der Waals surface area (Å²) < 4.78 is 1.07. The molecule has 1 fully saturated rings. The Bertz CT molecular complexity index is 859. The van der Waals surface area contributed by atoms with Gasteiger partial charge in [-0.2, -0.15) is 0 Å². The van der Waals surface area contributed by atoms with Crippen LogP contribution in [0.5, 0.6) is 0 Å². The zero-order valence-corrected chi connectivity index (χ0v) is 16.0. The molecule has 0 saturated carbocycles. The van der Waals surface area contributed by atoms with Crippen LogP contribution in [0.25, 0.3) is 5.57 Å². The fourth-order valence-electron chi connectivity index (χ4n) is 3.68. The molecule has 0 aliphatic carbocycles. The van der Waals surface area contributed by atoms with E-state index in [0.29, 0.717) is 6.42 Å². The molecule has 4 nitrogen and oxygen atoms in total. The van der Waals surface area contributed by atoms with Gasteiger partial charge >= 0.3 is 0 Å². The summed E-state index contributed by atoms with van der Waals surface area (Å²) in [5.74, 6) is 0.167. The number of likely N-dealkylation sites (tertiary alicyclic amines) is 1. The molecule has 2 aliphatic rings. The number of pyridine rings is 1. The summed E-state index contributed by atoms with van der Waals surface area (Å²) in [6.45, 7) is 0.816. The number of rotatable bonds is 4. The summed E-state index contributed by atoms with van der Waals surface area (Å²) in [6, 6.07) is 12.3. The molecule has 0 bridgehead atoms. The first kappa shape index (κ1) is 17.2. The van der Waals surface area contributed by atoms with Gasteiger partial charge in [-0.1, -0.05) is 34.1 Å². The van der Waals surface area contributed by atoms with Crippen molar-refractivity contribution in [1.82, 2.24) is 9.88 Å². The number of carbonyl (C=O) groups excluding carboxylic acids is 1. The fraction of sp³-hybridized carbons (Fsp3) is 0.286. The predicted octanol–water partition coefficient (Wildman–Crippen LogP) is 4.26. The molecule has 5 heteroatoms. The third-order valence-electron chi connectivity index (χ3n) is 5.01. The molecule has 0 radical (unpaired) electrons. The van der Waals surface area contributed by atoms with Crippen molar-refractivity contribution in [3.63, 3.8) is 0 Å². The van der Waals surface area contributed by atoms with Gasteiger partial charge in [0.05, 0.1) is 12.5 Å². The molecular weight excluding hydrogens is 390 g/mol. The number of aliphatic imine (C=N–C) groups is 1. The quantitative estimate of drug-likeness (QED) is 0.756. The van der Waals surface area contributed by atoms with E-state index in [0.717, 1.165) is 41.6 Å². The highest BCUT2D eigenvalue weighted by atomic mass is 79.9. The smallest absolute Gasteiger partial charge is 0.227 e. The van der Waals surface area contributed by atoms with Gasteiger partial charge in [0.15, 0.2) is 0 Å². The number of allylic oxidation sites excluding steroid dienone is 1. The molecule has 1 amide bonds. The molecule has 1 atom stereocenters. The molecule has 1 aromatic heterocycles. The average molecular weight is 410 g/mol. The van der Waals surface area contributed by atoms with E-state index in [1.54, 1.807) is 12.4 Å². The first-order valence-electron chi connectivity index (χ1n) is 8.90. The van der Waals surface area contributed by atoms with E-state index >= 15 is 0 Å². The van der Waals surface area contributed by atoms with Gasteiger partial charge in [0.1, 0.15) is 0 Å². The molecule has 1 saturated heterocycles. The average Bonchev–Trinajstić information content (AvgIpc) is 3.32. The van der Waals surface area contributed by atoms with Crippen molar-refractivity contribution in [2.24, 2.45) is 4.99 Å². The number of carbonyl (C=O) groups is 1. The van der Waals surface area contributed by atoms with Crippen LogP contribution in [-0.4, -0.2) is 34.1 Å². The lowest BCUT2D eigenvalue weighted by Gasteiger charge is -2.25. The van der Waals surface area contributed by atoms with E-state index in [4.69, 9.17) is 0 Å². The third-order valence-corrected chi connectivity index (χ3v) is 5.54. The topological polar surface area (TPSA) is 45.6 Å². The van der Waals surface area contributed by atoms with Gasteiger partial charge in [-0.3, -0.25) is 14.8 Å². The summed E-state index contributed by atoms with van der Waals surface area (Å²) in [7, 11) is 0. The first-order valence-corrected chi connectivity index (χ1v) is 9.70. The minimum Gasteiger partial charge on any atom is -0.334 e.